The highest BCUT2D eigenvalue weighted by atomic mass is 16.5. The zero-order valence-corrected chi connectivity index (χ0v) is 12.6. The Morgan fingerprint density at radius 3 is 2.80 bits per heavy atom. The maximum atomic E-state index is 11.9. The monoisotopic (exact) mass is 276 g/mol. The predicted molar refractivity (Wildman–Crippen MR) is 81.4 cm³/mol. The second kappa shape index (κ2) is 6.75. The van der Waals surface area contributed by atoms with Gasteiger partial charge in [0, 0.05) is 12.6 Å². The van der Waals surface area contributed by atoms with Crippen molar-refractivity contribution in [3.8, 4) is 5.75 Å². The average Bonchev–Trinajstić information content (AvgIpc) is 2.46. The van der Waals surface area contributed by atoms with E-state index < -0.39 is 0 Å². The molecule has 110 valence electrons. The first kappa shape index (κ1) is 14.9. The first-order chi connectivity index (χ1) is 9.69. The summed E-state index contributed by atoms with van der Waals surface area (Å²) in [4.78, 5) is 13.7. The molecule has 1 amide bonds. The normalized spacial score (nSPS) is 15.8. The van der Waals surface area contributed by atoms with Gasteiger partial charge in [0.15, 0.2) is 6.61 Å². The summed E-state index contributed by atoms with van der Waals surface area (Å²) in [7, 11) is 0. The number of anilines is 1. The molecule has 4 heteroatoms. The van der Waals surface area contributed by atoms with Crippen molar-refractivity contribution < 1.29 is 9.53 Å². The summed E-state index contributed by atoms with van der Waals surface area (Å²) >= 11 is 0. The van der Waals surface area contributed by atoms with Crippen LogP contribution in [0.25, 0.3) is 0 Å². The first-order valence-electron chi connectivity index (χ1n) is 7.49. The minimum atomic E-state index is 0.0378. The van der Waals surface area contributed by atoms with Crippen molar-refractivity contribution in [1.82, 2.24) is 5.32 Å². The van der Waals surface area contributed by atoms with E-state index in [0.29, 0.717) is 12.6 Å². The number of nitrogens with one attached hydrogen (secondary N) is 1. The molecule has 20 heavy (non-hydrogen) atoms. The van der Waals surface area contributed by atoms with Crippen molar-refractivity contribution in [1.29, 1.82) is 0 Å². The standard InChI is InChI=1S/C16H24N2O2/c1-4-13(17-5-2)9-12-7-8-15-14(10-12)18(6-3)16(19)11-20-15/h7-8,10,13,17H,4-6,9,11H2,1-3H3. The van der Waals surface area contributed by atoms with Gasteiger partial charge < -0.3 is 15.0 Å². The molecule has 1 aliphatic heterocycles. The van der Waals surface area contributed by atoms with Crippen LogP contribution < -0.4 is 15.0 Å². The zero-order chi connectivity index (χ0) is 14.5. The Morgan fingerprint density at radius 2 is 2.15 bits per heavy atom. The molecule has 1 unspecified atom stereocenters. The molecule has 0 aliphatic carbocycles. The van der Waals surface area contributed by atoms with Crippen LogP contribution in [0.2, 0.25) is 0 Å². The minimum Gasteiger partial charge on any atom is -0.482 e. The van der Waals surface area contributed by atoms with Crippen molar-refractivity contribution in [3.63, 3.8) is 0 Å². The molecule has 0 spiro atoms. The van der Waals surface area contributed by atoms with E-state index in [1.165, 1.54) is 5.56 Å². The molecule has 1 heterocycles. The van der Waals surface area contributed by atoms with Crippen LogP contribution in [0.3, 0.4) is 0 Å². The highest BCUT2D eigenvalue weighted by Gasteiger charge is 2.24. The number of carbonyl (C=O) groups excluding carboxylic acids is 1. The lowest BCUT2D eigenvalue weighted by molar-refractivity contribution is -0.121. The van der Waals surface area contributed by atoms with Crippen molar-refractivity contribution >= 4 is 11.6 Å². The van der Waals surface area contributed by atoms with E-state index in [0.717, 1.165) is 30.8 Å². The number of likely N-dealkylation sites (N-methyl/N-ethyl adjacent to an activating group) is 2. The highest BCUT2D eigenvalue weighted by molar-refractivity contribution is 5.97. The quantitative estimate of drug-likeness (QED) is 0.867. The summed E-state index contributed by atoms with van der Waals surface area (Å²) in [5.74, 6) is 0.850. The molecular formula is C16H24N2O2. The fraction of sp³-hybridized carbons (Fsp3) is 0.562. The fourth-order valence-electron chi connectivity index (χ4n) is 2.66. The topological polar surface area (TPSA) is 41.6 Å². The van der Waals surface area contributed by atoms with Gasteiger partial charge in [0.25, 0.3) is 5.91 Å². The molecule has 1 aliphatic rings. The Hall–Kier alpha value is -1.55. The SMILES string of the molecule is CCNC(CC)Cc1ccc2c(c1)N(CC)C(=O)CO2. The van der Waals surface area contributed by atoms with E-state index in [9.17, 15) is 4.79 Å². The van der Waals surface area contributed by atoms with Gasteiger partial charge in [0.05, 0.1) is 5.69 Å². The molecule has 2 rings (SSSR count). The second-order valence-electron chi connectivity index (χ2n) is 5.10. The number of hydrogen-bond donors (Lipinski definition) is 1. The van der Waals surface area contributed by atoms with Gasteiger partial charge in [-0.15, -0.1) is 0 Å². The van der Waals surface area contributed by atoms with E-state index in [1.807, 2.05) is 13.0 Å². The molecule has 0 radical (unpaired) electrons. The third-order valence-corrected chi connectivity index (χ3v) is 3.75. The molecular weight excluding hydrogens is 252 g/mol. The molecule has 0 saturated carbocycles. The highest BCUT2D eigenvalue weighted by Crippen LogP contribution is 2.33. The summed E-state index contributed by atoms with van der Waals surface area (Å²) in [6.45, 7) is 8.12. The van der Waals surface area contributed by atoms with Gasteiger partial charge in [0.1, 0.15) is 5.75 Å². The fourth-order valence-corrected chi connectivity index (χ4v) is 2.66. The number of fused-ring (bicyclic) bond motifs is 1. The molecule has 0 fully saturated rings. The van der Waals surface area contributed by atoms with Crippen LogP contribution in [0.4, 0.5) is 5.69 Å². The first-order valence-corrected chi connectivity index (χ1v) is 7.49. The molecule has 1 aromatic carbocycles. The Balaban J connectivity index is 2.21. The van der Waals surface area contributed by atoms with E-state index in [-0.39, 0.29) is 12.5 Å². The van der Waals surface area contributed by atoms with Crippen LogP contribution in [0, 0.1) is 0 Å². The Kier molecular flexibility index (Phi) is 5.01. The predicted octanol–water partition coefficient (Wildman–Crippen LogP) is 2.36. The van der Waals surface area contributed by atoms with Gasteiger partial charge in [-0.05, 0) is 44.0 Å². The number of rotatable bonds is 6. The molecule has 0 aromatic heterocycles. The van der Waals surface area contributed by atoms with Crippen LogP contribution in [0.15, 0.2) is 18.2 Å². The van der Waals surface area contributed by atoms with Crippen LogP contribution in [-0.2, 0) is 11.2 Å². The van der Waals surface area contributed by atoms with Gasteiger partial charge in [-0.2, -0.15) is 0 Å². The lowest BCUT2D eigenvalue weighted by atomic mass is 10.0. The van der Waals surface area contributed by atoms with E-state index in [1.54, 1.807) is 4.90 Å². The number of amides is 1. The van der Waals surface area contributed by atoms with E-state index in [4.69, 9.17) is 4.74 Å². The van der Waals surface area contributed by atoms with Gasteiger partial charge in [-0.25, -0.2) is 0 Å². The summed E-state index contributed by atoms with van der Waals surface area (Å²) < 4.78 is 5.49. The minimum absolute atomic E-state index is 0.0378. The summed E-state index contributed by atoms with van der Waals surface area (Å²) in [5, 5.41) is 3.48. The lowest BCUT2D eigenvalue weighted by Crippen LogP contribution is -2.38. The smallest absolute Gasteiger partial charge is 0.265 e. The van der Waals surface area contributed by atoms with Crippen LogP contribution >= 0.6 is 0 Å². The number of benzene rings is 1. The van der Waals surface area contributed by atoms with Crippen LogP contribution in [0.5, 0.6) is 5.75 Å². The van der Waals surface area contributed by atoms with Crippen LogP contribution in [-0.4, -0.2) is 31.6 Å². The van der Waals surface area contributed by atoms with Crippen molar-refractivity contribution in [2.24, 2.45) is 0 Å². The Bertz CT molecular complexity index is 474. The average molecular weight is 276 g/mol. The van der Waals surface area contributed by atoms with Gasteiger partial charge >= 0.3 is 0 Å². The molecule has 1 atom stereocenters. The Morgan fingerprint density at radius 1 is 1.35 bits per heavy atom. The number of ether oxygens (including phenoxy) is 1. The number of hydrogen-bond acceptors (Lipinski definition) is 3. The van der Waals surface area contributed by atoms with E-state index in [2.05, 4.69) is 31.3 Å². The maximum Gasteiger partial charge on any atom is 0.265 e. The Labute approximate surface area is 121 Å². The molecule has 0 bridgehead atoms. The zero-order valence-electron chi connectivity index (χ0n) is 12.6. The lowest BCUT2D eigenvalue weighted by Gasteiger charge is -2.29. The van der Waals surface area contributed by atoms with Crippen molar-refractivity contribution in [3.05, 3.63) is 23.8 Å². The van der Waals surface area contributed by atoms with Gasteiger partial charge in [-0.1, -0.05) is 19.9 Å². The van der Waals surface area contributed by atoms with Crippen LogP contribution in [0.1, 0.15) is 32.8 Å². The summed E-state index contributed by atoms with van der Waals surface area (Å²) in [6, 6.07) is 6.66. The summed E-state index contributed by atoms with van der Waals surface area (Å²) in [6.07, 6.45) is 2.07. The van der Waals surface area contributed by atoms with Gasteiger partial charge in [-0.3, -0.25) is 4.79 Å². The summed E-state index contributed by atoms with van der Waals surface area (Å²) in [5.41, 5.74) is 2.15. The number of carbonyl (C=O) groups is 1. The third kappa shape index (κ3) is 3.12. The molecule has 4 nitrogen and oxygen atoms in total. The van der Waals surface area contributed by atoms with Crippen molar-refractivity contribution in [2.45, 2.75) is 39.7 Å². The maximum absolute atomic E-state index is 11.9. The number of nitrogens with zero attached hydrogens (tertiary/aromatic N) is 1. The molecule has 1 aromatic rings. The third-order valence-electron chi connectivity index (χ3n) is 3.75. The largest absolute Gasteiger partial charge is 0.482 e. The molecule has 0 saturated heterocycles. The van der Waals surface area contributed by atoms with E-state index >= 15 is 0 Å². The molecule has 1 N–H and O–H groups in total. The van der Waals surface area contributed by atoms with Gasteiger partial charge in [0.2, 0.25) is 0 Å². The van der Waals surface area contributed by atoms with Crippen molar-refractivity contribution in [2.75, 3.05) is 24.6 Å². The second-order valence-corrected chi connectivity index (χ2v) is 5.10.